The van der Waals surface area contributed by atoms with Crippen molar-refractivity contribution < 1.29 is 40.2 Å². The maximum absolute atomic E-state index is 12.9. The molecule has 3 rings (SSSR count). The average Bonchev–Trinajstić information content (AvgIpc) is 2.71. The molecule has 0 saturated carbocycles. The maximum atomic E-state index is 12.9. The number of ether oxygens (including phenoxy) is 1. The van der Waals surface area contributed by atoms with Crippen LogP contribution in [0.4, 0.5) is 0 Å². The molecule has 8 nitrogen and oxygen atoms in total. The summed E-state index contributed by atoms with van der Waals surface area (Å²) in [5, 5.41) is 60.8. The lowest BCUT2D eigenvalue weighted by atomic mass is 9.90. The Balaban J connectivity index is 1.85. The minimum atomic E-state index is -1.66. The van der Waals surface area contributed by atoms with Gasteiger partial charge in [-0.3, -0.25) is 4.79 Å². The first-order valence-corrected chi connectivity index (χ1v) is 10.8. The zero-order chi connectivity index (χ0) is 24.5. The SMILES string of the molecule is CC(=CCc1c(O)cc2c(c1O)C(=O)[C@H](O)[C@@H](c1ccc(O)c(O)c1)O2)CCCC(C)(C)O. The van der Waals surface area contributed by atoms with Crippen LogP contribution in [0.15, 0.2) is 35.9 Å². The van der Waals surface area contributed by atoms with Crippen LogP contribution in [0.25, 0.3) is 0 Å². The van der Waals surface area contributed by atoms with Crippen LogP contribution in [-0.4, -0.2) is 48.1 Å². The molecule has 1 aliphatic rings. The van der Waals surface area contributed by atoms with Crippen LogP contribution in [0.2, 0.25) is 0 Å². The van der Waals surface area contributed by atoms with Gasteiger partial charge in [0.2, 0.25) is 5.78 Å². The van der Waals surface area contributed by atoms with Gasteiger partial charge in [0.1, 0.15) is 22.8 Å². The fourth-order valence-corrected chi connectivity index (χ4v) is 3.84. The van der Waals surface area contributed by atoms with E-state index in [-0.39, 0.29) is 40.4 Å². The van der Waals surface area contributed by atoms with Gasteiger partial charge in [0.25, 0.3) is 0 Å². The number of aliphatic hydroxyl groups excluding tert-OH is 1. The molecule has 0 radical (unpaired) electrons. The molecule has 1 heterocycles. The molecule has 0 amide bonds. The Morgan fingerprint density at radius 1 is 1.09 bits per heavy atom. The second-order valence-electron chi connectivity index (χ2n) is 9.11. The van der Waals surface area contributed by atoms with E-state index in [9.17, 15) is 35.4 Å². The molecular formula is C25H30O8. The lowest BCUT2D eigenvalue weighted by Gasteiger charge is -2.31. The number of hydrogen-bond acceptors (Lipinski definition) is 8. The fraction of sp³-hybridized carbons (Fsp3) is 0.400. The van der Waals surface area contributed by atoms with Crippen molar-refractivity contribution in [3.63, 3.8) is 0 Å². The van der Waals surface area contributed by atoms with Gasteiger partial charge in [-0.1, -0.05) is 17.7 Å². The molecule has 2 aromatic rings. The minimum absolute atomic E-state index is 0.0903. The van der Waals surface area contributed by atoms with Gasteiger partial charge in [-0.25, -0.2) is 0 Å². The second kappa shape index (κ2) is 9.33. The molecule has 8 heteroatoms. The van der Waals surface area contributed by atoms with E-state index in [0.717, 1.165) is 18.4 Å². The van der Waals surface area contributed by atoms with Gasteiger partial charge < -0.3 is 35.4 Å². The van der Waals surface area contributed by atoms with Crippen molar-refractivity contribution in [3.05, 3.63) is 52.6 Å². The Hall–Kier alpha value is -3.23. The number of allylic oxidation sites excluding steroid dienone is 2. The number of aliphatic hydroxyl groups is 2. The maximum Gasteiger partial charge on any atom is 0.202 e. The zero-order valence-corrected chi connectivity index (χ0v) is 18.9. The third-order valence-electron chi connectivity index (χ3n) is 5.74. The van der Waals surface area contributed by atoms with E-state index in [4.69, 9.17) is 4.74 Å². The van der Waals surface area contributed by atoms with Crippen molar-refractivity contribution in [1.29, 1.82) is 0 Å². The van der Waals surface area contributed by atoms with Crippen molar-refractivity contribution in [1.82, 2.24) is 0 Å². The number of ketones is 1. The summed E-state index contributed by atoms with van der Waals surface area (Å²) >= 11 is 0. The van der Waals surface area contributed by atoms with E-state index in [2.05, 4.69) is 0 Å². The summed E-state index contributed by atoms with van der Waals surface area (Å²) in [6.45, 7) is 5.40. The van der Waals surface area contributed by atoms with Crippen molar-refractivity contribution >= 4 is 5.78 Å². The smallest absolute Gasteiger partial charge is 0.202 e. The summed E-state index contributed by atoms with van der Waals surface area (Å²) in [6.07, 6.45) is 1.29. The highest BCUT2D eigenvalue weighted by molar-refractivity contribution is 6.06. The zero-order valence-electron chi connectivity index (χ0n) is 18.9. The molecule has 2 atom stereocenters. The molecule has 0 fully saturated rings. The number of fused-ring (bicyclic) bond motifs is 1. The van der Waals surface area contributed by atoms with Gasteiger partial charge in [0, 0.05) is 11.6 Å². The van der Waals surface area contributed by atoms with E-state index in [1.54, 1.807) is 13.8 Å². The first-order valence-electron chi connectivity index (χ1n) is 10.8. The molecular weight excluding hydrogens is 428 g/mol. The Bertz CT molecular complexity index is 1080. The van der Waals surface area contributed by atoms with Crippen LogP contribution in [0.3, 0.4) is 0 Å². The molecule has 0 unspecified atom stereocenters. The summed E-state index contributed by atoms with van der Waals surface area (Å²) in [5.41, 5.74) is 0.422. The Labute approximate surface area is 192 Å². The molecule has 33 heavy (non-hydrogen) atoms. The van der Waals surface area contributed by atoms with Crippen molar-refractivity contribution in [2.45, 2.75) is 64.3 Å². The summed E-state index contributed by atoms with van der Waals surface area (Å²) < 4.78 is 5.70. The van der Waals surface area contributed by atoms with E-state index in [1.165, 1.54) is 24.3 Å². The van der Waals surface area contributed by atoms with Crippen LogP contribution >= 0.6 is 0 Å². The standard InChI is InChI=1S/C25H30O8/c1-13(5-4-10-25(2,3)32)6-8-15-17(27)12-19-20(21(15)29)22(30)23(31)24(33-19)14-7-9-16(26)18(28)11-14/h6-7,9,11-12,23-24,26-29,31-32H,4-5,8,10H2,1-3H3/t23-,24+/m0/s1. The largest absolute Gasteiger partial charge is 0.507 e. The van der Waals surface area contributed by atoms with E-state index in [0.29, 0.717) is 6.42 Å². The van der Waals surface area contributed by atoms with Gasteiger partial charge in [-0.2, -0.15) is 0 Å². The monoisotopic (exact) mass is 458 g/mol. The quantitative estimate of drug-likeness (QED) is 0.272. The summed E-state index contributed by atoms with van der Waals surface area (Å²) in [5.74, 6) is -2.39. The number of hydrogen-bond donors (Lipinski definition) is 6. The number of carbonyl (C=O) groups is 1. The Kier molecular flexibility index (Phi) is 6.90. The third kappa shape index (κ3) is 5.40. The van der Waals surface area contributed by atoms with Crippen molar-refractivity contribution in [3.8, 4) is 28.7 Å². The topological polar surface area (TPSA) is 148 Å². The van der Waals surface area contributed by atoms with Crippen LogP contribution < -0.4 is 4.74 Å². The highest BCUT2D eigenvalue weighted by Gasteiger charge is 2.40. The highest BCUT2D eigenvalue weighted by Crippen LogP contribution is 2.45. The second-order valence-corrected chi connectivity index (χ2v) is 9.11. The fourth-order valence-electron chi connectivity index (χ4n) is 3.84. The van der Waals surface area contributed by atoms with Crippen LogP contribution in [0.5, 0.6) is 28.7 Å². The minimum Gasteiger partial charge on any atom is -0.507 e. The van der Waals surface area contributed by atoms with E-state index < -0.39 is 35.1 Å². The number of aromatic hydroxyl groups is 4. The molecule has 6 N–H and O–H groups in total. The predicted octanol–water partition coefficient (Wildman–Crippen LogP) is 3.62. The lowest BCUT2D eigenvalue weighted by Crippen LogP contribution is -2.36. The normalized spacial score (nSPS) is 18.7. The first kappa shape index (κ1) is 24.4. The van der Waals surface area contributed by atoms with Gasteiger partial charge in [0.15, 0.2) is 23.7 Å². The summed E-state index contributed by atoms with van der Waals surface area (Å²) in [4.78, 5) is 12.9. The average molecular weight is 459 g/mol. The number of carbonyl (C=O) groups excluding carboxylic acids is 1. The van der Waals surface area contributed by atoms with Crippen LogP contribution in [0, 0.1) is 0 Å². The molecule has 0 saturated heterocycles. The van der Waals surface area contributed by atoms with Crippen molar-refractivity contribution in [2.75, 3.05) is 0 Å². The van der Waals surface area contributed by atoms with E-state index >= 15 is 0 Å². The van der Waals surface area contributed by atoms with Gasteiger partial charge in [-0.05, 0) is 64.2 Å². The lowest BCUT2D eigenvalue weighted by molar-refractivity contribution is 0.0209. The van der Waals surface area contributed by atoms with E-state index in [1.807, 2.05) is 13.0 Å². The molecule has 1 aliphatic heterocycles. The van der Waals surface area contributed by atoms with Crippen LogP contribution in [0.1, 0.15) is 67.6 Å². The Morgan fingerprint density at radius 2 is 1.79 bits per heavy atom. The van der Waals surface area contributed by atoms with Crippen molar-refractivity contribution in [2.24, 2.45) is 0 Å². The van der Waals surface area contributed by atoms with Crippen LogP contribution in [-0.2, 0) is 6.42 Å². The molecule has 0 bridgehead atoms. The molecule has 0 spiro atoms. The molecule has 2 aromatic carbocycles. The highest BCUT2D eigenvalue weighted by atomic mass is 16.5. The Morgan fingerprint density at radius 3 is 2.42 bits per heavy atom. The number of Topliss-reactive ketones (excluding diaryl/α,β-unsaturated/α-hetero) is 1. The number of phenols is 4. The molecule has 178 valence electrons. The van der Waals surface area contributed by atoms with Gasteiger partial charge in [0.05, 0.1) is 5.60 Å². The number of phenolic OH excluding ortho intramolecular Hbond substituents is 4. The molecule has 0 aromatic heterocycles. The number of rotatable bonds is 7. The number of benzene rings is 2. The predicted molar refractivity (Wildman–Crippen MR) is 121 cm³/mol. The molecule has 0 aliphatic carbocycles. The van der Waals surface area contributed by atoms with Gasteiger partial charge >= 0.3 is 0 Å². The van der Waals surface area contributed by atoms with Gasteiger partial charge in [-0.15, -0.1) is 0 Å². The third-order valence-corrected chi connectivity index (χ3v) is 5.74. The summed E-state index contributed by atoms with van der Waals surface area (Å²) in [6, 6.07) is 4.98. The first-order chi connectivity index (χ1) is 15.4. The summed E-state index contributed by atoms with van der Waals surface area (Å²) in [7, 11) is 0.